The van der Waals surface area contributed by atoms with E-state index in [0.29, 0.717) is 25.1 Å². The highest BCUT2D eigenvalue weighted by Gasteiger charge is 2.22. The molecule has 0 radical (unpaired) electrons. The summed E-state index contributed by atoms with van der Waals surface area (Å²) in [6, 6.07) is 4.04. The normalized spacial score (nSPS) is 15.2. The highest BCUT2D eigenvalue weighted by atomic mass is 19.1. The van der Waals surface area contributed by atoms with Crippen molar-refractivity contribution < 1.29 is 19.1 Å². The minimum atomic E-state index is -0.901. The number of rotatable bonds is 4. The van der Waals surface area contributed by atoms with Crippen molar-refractivity contribution in [2.75, 3.05) is 18.0 Å². The zero-order valence-electron chi connectivity index (χ0n) is 10.4. The van der Waals surface area contributed by atoms with Crippen molar-refractivity contribution in [3.8, 4) is 0 Å². The smallest absolute Gasteiger partial charge is 0.321 e. The van der Waals surface area contributed by atoms with E-state index in [2.05, 4.69) is 5.32 Å². The molecular formula is C13H15FN2O3. The molecule has 1 fully saturated rings. The van der Waals surface area contributed by atoms with Gasteiger partial charge in [0.15, 0.2) is 0 Å². The Morgan fingerprint density at radius 3 is 2.95 bits per heavy atom. The van der Waals surface area contributed by atoms with E-state index in [1.807, 2.05) is 0 Å². The molecule has 0 aromatic heterocycles. The van der Waals surface area contributed by atoms with Crippen LogP contribution in [0.3, 0.4) is 0 Å². The summed E-state index contributed by atoms with van der Waals surface area (Å²) in [6.45, 7) is 1.06. The van der Waals surface area contributed by atoms with E-state index in [-0.39, 0.29) is 18.1 Å². The Morgan fingerprint density at radius 2 is 2.26 bits per heavy atom. The van der Waals surface area contributed by atoms with Crippen molar-refractivity contribution in [3.05, 3.63) is 29.6 Å². The van der Waals surface area contributed by atoms with Crippen molar-refractivity contribution in [3.63, 3.8) is 0 Å². The summed E-state index contributed by atoms with van der Waals surface area (Å²) >= 11 is 0. The van der Waals surface area contributed by atoms with Gasteiger partial charge in [-0.05, 0) is 30.5 Å². The van der Waals surface area contributed by atoms with E-state index < -0.39 is 11.8 Å². The molecule has 1 heterocycles. The number of carboxylic acids is 1. The standard InChI is InChI=1S/C13H15FN2O3/c14-10-4-2-9(3-5-12(17)18)8-11(10)16-7-1-6-15-13(16)19/h2,4,8H,1,3,5-7H2,(H,15,19)(H,17,18). The predicted octanol–water partition coefficient (Wildman–Crippen LogP) is 1.76. The lowest BCUT2D eigenvalue weighted by Crippen LogP contribution is -2.46. The number of carboxylic acid groups (broad SMARTS) is 1. The second-order valence-electron chi connectivity index (χ2n) is 4.42. The fourth-order valence-corrected chi connectivity index (χ4v) is 2.03. The first-order valence-corrected chi connectivity index (χ1v) is 6.13. The van der Waals surface area contributed by atoms with Gasteiger partial charge in [-0.1, -0.05) is 6.07 Å². The highest BCUT2D eigenvalue weighted by Crippen LogP contribution is 2.23. The van der Waals surface area contributed by atoms with Crippen LogP contribution in [0, 0.1) is 5.82 Å². The third kappa shape index (κ3) is 3.21. The van der Waals surface area contributed by atoms with Crippen LogP contribution in [0.15, 0.2) is 18.2 Å². The van der Waals surface area contributed by atoms with E-state index in [4.69, 9.17) is 5.11 Å². The zero-order chi connectivity index (χ0) is 13.8. The first-order valence-electron chi connectivity index (χ1n) is 6.13. The van der Waals surface area contributed by atoms with Gasteiger partial charge in [0.1, 0.15) is 5.82 Å². The summed E-state index contributed by atoms with van der Waals surface area (Å²) < 4.78 is 13.8. The number of anilines is 1. The van der Waals surface area contributed by atoms with E-state index in [1.54, 1.807) is 12.1 Å². The minimum absolute atomic E-state index is 0.0166. The summed E-state index contributed by atoms with van der Waals surface area (Å²) in [5, 5.41) is 11.3. The molecule has 1 aromatic rings. The molecule has 0 aliphatic carbocycles. The molecule has 0 unspecified atom stereocenters. The molecule has 19 heavy (non-hydrogen) atoms. The summed E-state index contributed by atoms with van der Waals surface area (Å²) in [4.78, 5) is 23.6. The lowest BCUT2D eigenvalue weighted by molar-refractivity contribution is -0.136. The Morgan fingerprint density at radius 1 is 1.47 bits per heavy atom. The maximum atomic E-state index is 13.8. The molecule has 102 valence electrons. The number of nitrogens with zero attached hydrogens (tertiary/aromatic N) is 1. The monoisotopic (exact) mass is 266 g/mol. The number of carbonyl (C=O) groups excluding carboxylic acids is 1. The number of hydrogen-bond acceptors (Lipinski definition) is 2. The summed E-state index contributed by atoms with van der Waals surface area (Å²) in [5.74, 6) is -1.38. The Hall–Kier alpha value is -2.11. The van der Waals surface area contributed by atoms with Crippen LogP contribution in [-0.2, 0) is 11.2 Å². The van der Waals surface area contributed by atoms with Gasteiger partial charge in [0.2, 0.25) is 0 Å². The van der Waals surface area contributed by atoms with Crippen molar-refractivity contribution in [2.24, 2.45) is 0 Å². The van der Waals surface area contributed by atoms with E-state index in [9.17, 15) is 14.0 Å². The lowest BCUT2D eigenvalue weighted by atomic mass is 10.1. The molecular weight excluding hydrogens is 251 g/mol. The van der Waals surface area contributed by atoms with Gasteiger partial charge in [-0.2, -0.15) is 0 Å². The van der Waals surface area contributed by atoms with E-state index in [1.165, 1.54) is 11.0 Å². The maximum Gasteiger partial charge on any atom is 0.321 e. The van der Waals surface area contributed by atoms with Gasteiger partial charge in [-0.3, -0.25) is 9.69 Å². The molecule has 2 N–H and O–H groups in total. The Bertz CT molecular complexity index is 505. The first kappa shape index (κ1) is 13.3. The largest absolute Gasteiger partial charge is 0.481 e. The van der Waals surface area contributed by atoms with Gasteiger partial charge in [0.05, 0.1) is 5.69 Å². The van der Waals surface area contributed by atoms with Gasteiger partial charge in [-0.25, -0.2) is 9.18 Å². The third-order valence-corrected chi connectivity index (χ3v) is 3.01. The summed E-state index contributed by atoms with van der Waals surface area (Å²) in [6.07, 6.45) is 1.06. The molecule has 1 aliphatic heterocycles. The second kappa shape index (κ2) is 5.69. The average Bonchev–Trinajstić information content (AvgIpc) is 2.38. The molecule has 2 rings (SSSR count). The number of urea groups is 1. The van der Waals surface area contributed by atoms with Crippen LogP contribution in [0.25, 0.3) is 0 Å². The predicted molar refractivity (Wildman–Crippen MR) is 67.7 cm³/mol. The van der Waals surface area contributed by atoms with Crippen LogP contribution < -0.4 is 10.2 Å². The quantitative estimate of drug-likeness (QED) is 0.872. The Balaban J connectivity index is 2.21. The molecule has 1 saturated heterocycles. The number of benzene rings is 1. The molecule has 0 bridgehead atoms. The molecule has 5 nitrogen and oxygen atoms in total. The molecule has 6 heteroatoms. The number of halogens is 1. The van der Waals surface area contributed by atoms with Crippen molar-refractivity contribution >= 4 is 17.7 Å². The summed E-state index contributed by atoms with van der Waals surface area (Å²) in [7, 11) is 0. The fourth-order valence-electron chi connectivity index (χ4n) is 2.03. The van der Waals surface area contributed by atoms with Crippen LogP contribution >= 0.6 is 0 Å². The van der Waals surface area contributed by atoms with Gasteiger partial charge in [0, 0.05) is 19.5 Å². The molecule has 0 saturated carbocycles. The fraction of sp³-hybridized carbons (Fsp3) is 0.385. The average molecular weight is 266 g/mol. The number of aryl methyl sites for hydroxylation is 1. The first-order chi connectivity index (χ1) is 9.08. The van der Waals surface area contributed by atoms with Crippen LogP contribution in [0.2, 0.25) is 0 Å². The number of aliphatic carboxylic acids is 1. The third-order valence-electron chi connectivity index (χ3n) is 3.01. The van der Waals surface area contributed by atoms with Crippen LogP contribution in [0.4, 0.5) is 14.9 Å². The molecule has 0 atom stereocenters. The van der Waals surface area contributed by atoms with Crippen LogP contribution in [0.1, 0.15) is 18.4 Å². The number of amides is 2. The van der Waals surface area contributed by atoms with Crippen LogP contribution in [0.5, 0.6) is 0 Å². The van der Waals surface area contributed by atoms with Crippen LogP contribution in [-0.4, -0.2) is 30.2 Å². The van der Waals surface area contributed by atoms with Crippen molar-refractivity contribution in [2.45, 2.75) is 19.3 Å². The Labute approximate surface area is 110 Å². The number of nitrogens with one attached hydrogen (secondary N) is 1. The van der Waals surface area contributed by atoms with Gasteiger partial charge in [-0.15, -0.1) is 0 Å². The van der Waals surface area contributed by atoms with Gasteiger partial charge < -0.3 is 10.4 Å². The topological polar surface area (TPSA) is 69.6 Å². The molecule has 0 spiro atoms. The van der Waals surface area contributed by atoms with Crippen molar-refractivity contribution in [1.82, 2.24) is 5.32 Å². The zero-order valence-corrected chi connectivity index (χ0v) is 10.4. The highest BCUT2D eigenvalue weighted by molar-refractivity contribution is 5.92. The molecule has 2 amide bonds. The van der Waals surface area contributed by atoms with Gasteiger partial charge >= 0.3 is 12.0 Å². The minimum Gasteiger partial charge on any atom is -0.481 e. The molecule has 1 aromatic carbocycles. The maximum absolute atomic E-state index is 13.8. The second-order valence-corrected chi connectivity index (χ2v) is 4.42. The lowest BCUT2D eigenvalue weighted by Gasteiger charge is -2.28. The number of carbonyl (C=O) groups is 2. The van der Waals surface area contributed by atoms with E-state index >= 15 is 0 Å². The Kier molecular flexibility index (Phi) is 3.99. The molecule has 1 aliphatic rings. The van der Waals surface area contributed by atoms with Gasteiger partial charge in [0.25, 0.3) is 0 Å². The van der Waals surface area contributed by atoms with E-state index in [0.717, 1.165) is 6.42 Å². The SMILES string of the molecule is O=C(O)CCc1ccc(F)c(N2CCCNC2=O)c1. The number of hydrogen-bond donors (Lipinski definition) is 2. The summed E-state index contributed by atoms with van der Waals surface area (Å²) in [5.41, 5.74) is 0.914. The van der Waals surface area contributed by atoms with Crippen molar-refractivity contribution in [1.29, 1.82) is 0 Å².